The molecule has 1 aromatic rings. The third-order valence-corrected chi connectivity index (χ3v) is 7.95. The summed E-state index contributed by atoms with van der Waals surface area (Å²) in [6, 6.07) is 6.14. The zero-order chi connectivity index (χ0) is 15.3. The zero-order valence-corrected chi connectivity index (χ0v) is 14.8. The van der Waals surface area contributed by atoms with Crippen molar-refractivity contribution < 1.29 is 0 Å². The molecule has 1 aromatic carbocycles. The van der Waals surface area contributed by atoms with Gasteiger partial charge in [0.1, 0.15) is 0 Å². The van der Waals surface area contributed by atoms with Crippen LogP contribution in [0, 0.1) is 0 Å². The first kappa shape index (κ1) is 14.6. The molecule has 0 aliphatic carbocycles. The van der Waals surface area contributed by atoms with Crippen molar-refractivity contribution in [1.29, 1.82) is 0 Å². The number of piperidine rings is 1. The first-order valence-electron chi connectivity index (χ1n) is 7.02. The van der Waals surface area contributed by atoms with Crippen LogP contribution in [-0.2, 0) is 0 Å². The van der Waals surface area contributed by atoms with Crippen molar-refractivity contribution in [3.05, 3.63) is 55.4 Å². The number of hydrogen-bond donors (Lipinski definition) is 3. The molecular formula is C15H14Cl2N4Se. The van der Waals surface area contributed by atoms with Gasteiger partial charge in [0.15, 0.2) is 0 Å². The van der Waals surface area contributed by atoms with E-state index in [1.54, 1.807) is 6.34 Å². The van der Waals surface area contributed by atoms with Crippen LogP contribution in [0.15, 0.2) is 44.8 Å². The zero-order valence-electron chi connectivity index (χ0n) is 11.6. The fourth-order valence-corrected chi connectivity index (χ4v) is 6.58. The second-order valence-electron chi connectivity index (χ2n) is 5.41. The van der Waals surface area contributed by atoms with Crippen molar-refractivity contribution in [3.8, 4) is 0 Å². The molecule has 4 rings (SSSR count). The van der Waals surface area contributed by atoms with Crippen molar-refractivity contribution in [3.63, 3.8) is 0 Å². The predicted molar refractivity (Wildman–Crippen MR) is 91.2 cm³/mol. The van der Waals surface area contributed by atoms with Crippen LogP contribution in [0.1, 0.15) is 18.0 Å². The number of allylic oxidation sites excluding steroid dienone is 1. The van der Waals surface area contributed by atoms with Crippen LogP contribution < -0.4 is 16.4 Å². The minimum atomic E-state index is 0.249. The molecule has 4 nitrogen and oxygen atoms in total. The van der Waals surface area contributed by atoms with E-state index in [9.17, 15) is 0 Å². The molecule has 3 aliphatic heterocycles. The maximum atomic E-state index is 6.19. The Morgan fingerprint density at radius 2 is 2.14 bits per heavy atom. The van der Waals surface area contributed by atoms with Gasteiger partial charge in [0.2, 0.25) is 0 Å². The molecule has 22 heavy (non-hydrogen) atoms. The van der Waals surface area contributed by atoms with Crippen molar-refractivity contribution in [2.24, 2.45) is 10.7 Å². The Hall–Kier alpha value is -0.971. The Bertz CT molecular complexity index is 741. The summed E-state index contributed by atoms with van der Waals surface area (Å²) in [6.07, 6.45) is 2.73. The molecule has 0 saturated carbocycles. The van der Waals surface area contributed by atoms with Crippen LogP contribution in [0.4, 0.5) is 0 Å². The van der Waals surface area contributed by atoms with E-state index >= 15 is 0 Å². The van der Waals surface area contributed by atoms with E-state index in [-0.39, 0.29) is 21.0 Å². The molecule has 0 bridgehead atoms. The van der Waals surface area contributed by atoms with Gasteiger partial charge in [-0.3, -0.25) is 0 Å². The van der Waals surface area contributed by atoms with Crippen molar-refractivity contribution >= 4 is 44.5 Å². The van der Waals surface area contributed by atoms with E-state index in [1.165, 1.54) is 21.3 Å². The van der Waals surface area contributed by atoms with Gasteiger partial charge in [0.05, 0.1) is 0 Å². The normalized spacial score (nSPS) is 26.8. The van der Waals surface area contributed by atoms with Crippen LogP contribution in [0.5, 0.6) is 0 Å². The van der Waals surface area contributed by atoms with Gasteiger partial charge in [-0.15, -0.1) is 0 Å². The van der Waals surface area contributed by atoms with Crippen LogP contribution >= 0.6 is 23.2 Å². The van der Waals surface area contributed by atoms with Gasteiger partial charge in [-0.1, -0.05) is 0 Å². The van der Waals surface area contributed by atoms with E-state index in [4.69, 9.17) is 28.9 Å². The molecular weight excluding hydrogens is 386 g/mol. The molecule has 2 unspecified atom stereocenters. The van der Waals surface area contributed by atoms with Crippen LogP contribution in [0.3, 0.4) is 0 Å². The third kappa shape index (κ3) is 2.29. The van der Waals surface area contributed by atoms with E-state index in [0.29, 0.717) is 20.7 Å². The summed E-state index contributed by atoms with van der Waals surface area (Å²) in [6.45, 7) is 0.947. The number of benzene rings is 1. The number of fused-ring (bicyclic) bond motifs is 2. The molecule has 0 aromatic heterocycles. The SMILES string of the molecule is NC1=C2[Se]C3C(=C2NC=N1)CCNC3c1ccc(Cl)c(Cl)c1. The number of halogens is 2. The Morgan fingerprint density at radius 3 is 2.95 bits per heavy atom. The molecule has 2 atom stereocenters. The maximum absolute atomic E-state index is 6.19. The van der Waals surface area contributed by atoms with Gasteiger partial charge in [-0.25, -0.2) is 0 Å². The molecule has 3 heterocycles. The number of rotatable bonds is 1. The van der Waals surface area contributed by atoms with E-state index in [1.807, 2.05) is 12.1 Å². The molecule has 1 saturated heterocycles. The number of nitrogens with zero attached hydrogens (tertiary/aromatic N) is 1. The first-order chi connectivity index (χ1) is 10.6. The van der Waals surface area contributed by atoms with Gasteiger partial charge < -0.3 is 0 Å². The second kappa shape index (κ2) is 5.59. The number of nitrogens with two attached hydrogens (primary N) is 1. The van der Waals surface area contributed by atoms with E-state index in [0.717, 1.165) is 13.0 Å². The van der Waals surface area contributed by atoms with Crippen LogP contribution in [0.2, 0.25) is 14.9 Å². The molecule has 4 N–H and O–H groups in total. The summed E-state index contributed by atoms with van der Waals surface area (Å²) in [5.74, 6) is 0.656. The Kier molecular flexibility index (Phi) is 3.71. The molecule has 0 spiro atoms. The quantitative estimate of drug-likeness (QED) is 0.636. The summed E-state index contributed by atoms with van der Waals surface area (Å²) >= 11 is 12.5. The Labute approximate surface area is 145 Å². The molecule has 0 radical (unpaired) electrons. The summed E-state index contributed by atoms with van der Waals surface area (Å²) < 4.78 is 1.20. The summed E-state index contributed by atoms with van der Waals surface area (Å²) in [5.41, 5.74) is 9.90. The number of nitrogens with one attached hydrogen (secondary N) is 2. The third-order valence-electron chi connectivity index (χ3n) is 4.15. The van der Waals surface area contributed by atoms with Gasteiger partial charge in [0.25, 0.3) is 0 Å². The summed E-state index contributed by atoms with van der Waals surface area (Å²) in [7, 11) is 0. The Balaban J connectivity index is 1.74. The van der Waals surface area contributed by atoms with Crippen molar-refractivity contribution in [2.75, 3.05) is 6.54 Å². The summed E-state index contributed by atoms with van der Waals surface area (Å²) in [4.78, 5) is 4.64. The average Bonchev–Trinajstić information content (AvgIpc) is 2.90. The van der Waals surface area contributed by atoms with Crippen molar-refractivity contribution in [1.82, 2.24) is 10.6 Å². The van der Waals surface area contributed by atoms with E-state index < -0.39 is 0 Å². The van der Waals surface area contributed by atoms with Gasteiger partial charge in [-0.2, -0.15) is 0 Å². The predicted octanol–water partition coefficient (Wildman–Crippen LogP) is 2.55. The first-order valence-corrected chi connectivity index (χ1v) is 9.62. The number of hydrogen-bond acceptors (Lipinski definition) is 4. The fourth-order valence-electron chi connectivity index (χ4n) is 3.12. The van der Waals surface area contributed by atoms with E-state index in [2.05, 4.69) is 21.7 Å². The van der Waals surface area contributed by atoms with Gasteiger partial charge in [-0.05, 0) is 0 Å². The molecule has 1 fully saturated rings. The fraction of sp³-hybridized carbons (Fsp3) is 0.267. The second-order valence-corrected chi connectivity index (χ2v) is 8.64. The van der Waals surface area contributed by atoms with Crippen LogP contribution in [0.25, 0.3) is 0 Å². The topological polar surface area (TPSA) is 62.4 Å². The number of aliphatic imine (C=N–C) groups is 1. The monoisotopic (exact) mass is 400 g/mol. The standard InChI is InChI=1S/C15H14Cl2N4Se/c16-9-2-1-7(5-10(9)17)11-13-8(3-4-19-11)12-14(22-13)15(18)21-6-20-12/h1-2,5-6,11,13,19H,3-4,18H2,(H,20,21). The van der Waals surface area contributed by atoms with Crippen molar-refractivity contribution in [2.45, 2.75) is 17.3 Å². The summed E-state index contributed by atoms with van der Waals surface area (Å²) in [5, 5.41) is 8.11. The molecule has 0 amide bonds. The minimum absolute atomic E-state index is 0.249. The van der Waals surface area contributed by atoms with Gasteiger partial charge in [0, 0.05) is 0 Å². The van der Waals surface area contributed by atoms with Gasteiger partial charge >= 0.3 is 145 Å². The molecule has 114 valence electrons. The Morgan fingerprint density at radius 1 is 1.27 bits per heavy atom. The molecule has 3 aliphatic rings. The molecule has 7 heteroatoms. The average molecular weight is 400 g/mol. The van der Waals surface area contributed by atoms with Crippen LogP contribution in [-0.4, -0.2) is 27.8 Å².